The summed E-state index contributed by atoms with van der Waals surface area (Å²) in [5, 5.41) is 2.54. The summed E-state index contributed by atoms with van der Waals surface area (Å²) in [5.74, 6) is 0.0360. The van der Waals surface area contributed by atoms with E-state index in [1.165, 1.54) is 18.0 Å². The van der Waals surface area contributed by atoms with Crippen molar-refractivity contribution < 1.29 is 27.5 Å². The predicted octanol–water partition coefficient (Wildman–Crippen LogP) is 2.15. The van der Waals surface area contributed by atoms with Gasteiger partial charge in [-0.3, -0.25) is 13.9 Å². The molecule has 0 aromatic heterocycles. The van der Waals surface area contributed by atoms with Crippen LogP contribution in [-0.4, -0.2) is 64.2 Å². The summed E-state index contributed by atoms with van der Waals surface area (Å²) in [6.07, 6.45) is 1.03. The number of nitrogens with zero attached hydrogens (tertiary/aromatic N) is 2. The van der Waals surface area contributed by atoms with E-state index in [-0.39, 0.29) is 18.1 Å². The Labute approximate surface area is 201 Å². The highest BCUT2D eigenvalue weighted by molar-refractivity contribution is 9.10. The molecule has 2 aromatic rings. The molecule has 3 rings (SSSR count). The van der Waals surface area contributed by atoms with Gasteiger partial charge in [0.15, 0.2) is 11.5 Å². The van der Waals surface area contributed by atoms with Crippen molar-refractivity contribution in [2.45, 2.75) is 19.5 Å². The lowest BCUT2D eigenvalue weighted by Crippen LogP contribution is -2.50. The van der Waals surface area contributed by atoms with Crippen LogP contribution in [0.3, 0.4) is 0 Å². The molecule has 1 N–H and O–H groups in total. The van der Waals surface area contributed by atoms with Crippen LogP contribution in [0, 0.1) is 0 Å². The minimum Gasteiger partial charge on any atom is -0.486 e. The predicted molar refractivity (Wildman–Crippen MR) is 128 cm³/mol. The van der Waals surface area contributed by atoms with Crippen molar-refractivity contribution in [3.63, 3.8) is 0 Å². The number of hydrogen-bond donors (Lipinski definition) is 1. The summed E-state index contributed by atoms with van der Waals surface area (Å²) < 4.78 is 38.1. The Bertz CT molecular complexity index is 1140. The number of benzene rings is 2. The van der Waals surface area contributed by atoms with E-state index in [0.717, 1.165) is 20.6 Å². The number of carbonyl (C=O) groups excluding carboxylic acids is 2. The maximum Gasteiger partial charge on any atom is 0.244 e. The molecule has 0 saturated carbocycles. The largest absolute Gasteiger partial charge is 0.486 e. The smallest absolute Gasteiger partial charge is 0.244 e. The van der Waals surface area contributed by atoms with Crippen molar-refractivity contribution in [1.29, 1.82) is 0 Å². The third-order valence-electron chi connectivity index (χ3n) is 5.15. The van der Waals surface area contributed by atoms with Gasteiger partial charge in [0.1, 0.15) is 25.8 Å². The van der Waals surface area contributed by atoms with Gasteiger partial charge in [-0.15, -0.1) is 0 Å². The van der Waals surface area contributed by atoms with Crippen LogP contribution >= 0.6 is 15.9 Å². The molecule has 0 saturated heterocycles. The molecule has 1 aliphatic rings. The van der Waals surface area contributed by atoms with Crippen molar-refractivity contribution in [2.75, 3.05) is 37.4 Å². The molecule has 9 nitrogen and oxygen atoms in total. The van der Waals surface area contributed by atoms with Crippen molar-refractivity contribution in [3.8, 4) is 11.5 Å². The van der Waals surface area contributed by atoms with E-state index in [1.807, 2.05) is 24.3 Å². The molecule has 0 spiro atoms. The number of amides is 2. The molecule has 1 heterocycles. The van der Waals surface area contributed by atoms with Crippen molar-refractivity contribution in [1.82, 2.24) is 10.2 Å². The number of carbonyl (C=O) groups is 2. The van der Waals surface area contributed by atoms with Gasteiger partial charge in [-0.1, -0.05) is 28.1 Å². The second-order valence-corrected chi connectivity index (χ2v) is 10.4. The molecular weight excluding hydrogens is 514 g/mol. The van der Waals surface area contributed by atoms with Gasteiger partial charge in [0.2, 0.25) is 21.8 Å². The summed E-state index contributed by atoms with van der Waals surface area (Å²) in [7, 11) is -2.34. The molecule has 2 amide bonds. The van der Waals surface area contributed by atoms with E-state index in [4.69, 9.17) is 9.47 Å². The lowest BCUT2D eigenvalue weighted by Gasteiger charge is -2.31. The van der Waals surface area contributed by atoms with Gasteiger partial charge in [0, 0.05) is 24.1 Å². The average Bonchev–Trinajstić information content (AvgIpc) is 2.78. The van der Waals surface area contributed by atoms with Crippen LogP contribution in [0.4, 0.5) is 5.69 Å². The Balaban J connectivity index is 1.92. The Morgan fingerprint density at radius 1 is 1.12 bits per heavy atom. The number of halogens is 1. The van der Waals surface area contributed by atoms with Gasteiger partial charge >= 0.3 is 0 Å². The van der Waals surface area contributed by atoms with E-state index >= 15 is 0 Å². The molecular formula is C22H26BrN3O6S. The van der Waals surface area contributed by atoms with E-state index in [1.54, 1.807) is 19.1 Å². The minimum absolute atomic E-state index is 0.131. The first kappa shape index (κ1) is 24.8. The second-order valence-electron chi connectivity index (χ2n) is 7.54. The number of hydrogen-bond acceptors (Lipinski definition) is 6. The summed E-state index contributed by atoms with van der Waals surface area (Å²) in [4.78, 5) is 27.1. The van der Waals surface area contributed by atoms with Gasteiger partial charge in [-0.2, -0.15) is 0 Å². The van der Waals surface area contributed by atoms with Gasteiger partial charge in [0.05, 0.1) is 11.9 Å². The van der Waals surface area contributed by atoms with Gasteiger partial charge in [-0.05, 0) is 36.8 Å². The van der Waals surface area contributed by atoms with Gasteiger partial charge < -0.3 is 19.7 Å². The van der Waals surface area contributed by atoms with Crippen LogP contribution < -0.4 is 19.1 Å². The quantitative estimate of drug-likeness (QED) is 0.551. The average molecular weight is 540 g/mol. The van der Waals surface area contributed by atoms with Crippen molar-refractivity contribution >= 4 is 43.5 Å². The fourth-order valence-electron chi connectivity index (χ4n) is 3.42. The SMILES string of the molecule is CNC(=O)C(C)N(Cc1cccc(Br)c1)C(=O)CN(c1ccc2c(c1)OCCO2)S(C)(=O)=O. The summed E-state index contributed by atoms with van der Waals surface area (Å²) in [5.41, 5.74) is 1.06. The second kappa shape index (κ2) is 10.4. The molecule has 0 fully saturated rings. The van der Waals surface area contributed by atoms with Crippen LogP contribution in [-0.2, 0) is 26.2 Å². The van der Waals surface area contributed by atoms with Crippen LogP contribution in [0.15, 0.2) is 46.9 Å². The Kier molecular flexibility index (Phi) is 7.85. The Hall–Kier alpha value is -2.79. The normalized spacial score (nSPS) is 13.7. The number of ether oxygens (including phenoxy) is 2. The lowest BCUT2D eigenvalue weighted by molar-refractivity contribution is -0.139. The zero-order chi connectivity index (χ0) is 24.2. The number of sulfonamides is 1. The van der Waals surface area contributed by atoms with Gasteiger partial charge in [0.25, 0.3) is 0 Å². The Morgan fingerprint density at radius 3 is 2.45 bits per heavy atom. The molecule has 2 aromatic carbocycles. The zero-order valence-corrected chi connectivity index (χ0v) is 21.0. The fourth-order valence-corrected chi connectivity index (χ4v) is 4.71. The van der Waals surface area contributed by atoms with Crippen molar-refractivity contribution in [2.24, 2.45) is 0 Å². The highest BCUT2D eigenvalue weighted by Gasteiger charge is 2.30. The minimum atomic E-state index is -3.82. The van der Waals surface area contributed by atoms with E-state index in [2.05, 4.69) is 21.2 Å². The van der Waals surface area contributed by atoms with Crippen molar-refractivity contribution in [3.05, 3.63) is 52.5 Å². The molecule has 1 unspecified atom stereocenters. The molecule has 11 heteroatoms. The fraction of sp³-hybridized carbons (Fsp3) is 0.364. The zero-order valence-electron chi connectivity index (χ0n) is 18.6. The number of likely N-dealkylation sites (N-methyl/N-ethyl adjacent to an activating group) is 1. The topological polar surface area (TPSA) is 105 Å². The first-order chi connectivity index (χ1) is 15.6. The maximum atomic E-state index is 13.4. The molecule has 1 aliphatic heterocycles. The van der Waals surface area contributed by atoms with E-state index in [0.29, 0.717) is 24.7 Å². The first-order valence-corrected chi connectivity index (χ1v) is 12.9. The summed E-state index contributed by atoms with van der Waals surface area (Å²) >= 11 is 3.40. The maximum absolute atomic E-state index is 13.4. The molecule has 0 bridgehead atoms. The number of rotatable bonds is 8. The molecule has 1 atom stereocenters. The monoisotopic (exact) mass is 539 g/mol. The van der Waals surface area contributed by atoms with E-state index < -0.39 is 28.5 Å². The standard InChI is InChI=1S/C22H26BrN3O6S/c1-15(22(28)24-2)25(13-16-5-4-6-17(23)11-16)21(27)14-26(33(3,29)30)18-7-8-19-20(12-18)32-10-9-31-19/h4-8,11-12,15H,9-10,13-14H2,1-3H3,(H,24,28). The summed E-state index contributed by atoms with van der Waals surface area (Å²) in [6.45, 7) is 2.00. The Morgan fingerprint density at radius 2 is 1.82 bits per heavy atom. The lowest BCUT2D eigenvalue weighted by atomic mass is 10.1. The number of anilines is 1. The summed E-state index contributed by atoms with van der Waals surface area (Å²) in [6, 6.07) is 11.2. The first-order valence-electron chi connectivity index (χ1n) is 10.2. The van der Waals surface area contributed by atoms with Crippen LogP contribution in [0.2, 0.25) is 0 Å². The molecule has 0 aliphatic carbocycles. The molecule has 33 heavy (non-hydrogen) atoms. The molecule has 0 radical (unpaired) electrons. The number of fused-ring (bicyclic) bond motifs is 1. The van der Waals surface area contributed by atoms with E-state index in [9.17, 15) is 18.0 Å². The third-order valence-corrected chi connectivity index (χ3v) is 6.78. The van der Waals surface area contributed by atoms with Crippen LogP contribution in [0.5, 0.6) is 11.5 Å². The number of nitrogens with one attached hydrogen (secondary N) is 1. The van der Waals surface area contributed by atoms with Crippen LogP contribution in [0.25, 0.3) is 0 Å². The molecule has 178 valence electrons. The van der Waals surface area contributed by atoms with Crippen LogP contribution in [0.1, 0.15) is 12.5 Å². The third kappa shape index (κ3) is 6.17. The highest BCUT2D eigenvalue weighted by Crippen LogP contribution is 2.34. The van der Waals surface area contributed by atoms with Gasteiger partial charge in [-0.25, -0.2) is 8.42 Å². The highest BCUT2D eigenvalue weighted by atomic mass is 79.9.